The number of carbonyl (C=O) groups excluding carboxylic acids is 1. The number of benzene rings is 2. The van der Waals surface area contributed by atoms with E-state index in [0.717, 1.165) is 5.57 Å². The Kier molecular flexibility index (Phi) is 9.31. The first-order chi connectivity index (χ1) is 15.7. The minimum atomic E-state index is -0.443. The largest absolute Gasteiger partial charge is 0.508 e. The molecular formula is C27H29NO5. The van der Waals surface area contributed by atoms with Gasteiger partial charge in [0.05, 0.1) is 12.2 Å². The molecular weight excluding hydrogens is 418 g/mol. The second-order valence-corrected chi connectivity index (χ2v) is 7.77. The lowest BCUT2D eigenvalue weighted by Gasteiger charge is -2.14. The molecule has 6 heteroatoms. The average molecular weight is 448 g/mol. The van der Waals surface area contributed by atoms with E-state index in [9.17, 15) is 20.1 Å². The van der Waals surface area contributed by atoms with Crippen molar-refractivity contribution in [2.24, 2.45) is 0 Å². The molecule has 2 aromatic carbocycles. The molecule has 0 fully saturated rings. The highest BCUT2D eigenvalue weighted by molar-refractivity contribution is 6.09. The van der Waals surface area contributed by atoms with Gasteiger partial charge in [-0.25, -0.2) is 0 Å². The minimum absolute atomic E-state index is 0.0840. The number of ketones is 1. The molecule has 0 aliphatic carbocycles. The van der Waals surface area contributed by atoms with Crippen LogP contribution in [0.5, 0.6) is 23.0 Å². The van der Waals surface area contributed by atoms with Crippen molar-refractivity contribution in [3.63, 3.8) is 0 Å². The topological polar surface area (TPSA) is 111 Å². The summed E-state index contributed by atoms with van der Waals surface area (Å²) in [5, 5.41) is 38.0. The van der Waals surface area contributed by atoms with Crippen LogP contribution in [0.15, 0.2) is 48.1 Å². The van der Waals surface area contributed by atoms with Gasteiger partial charge in [0.25, 0.3) is 0 Å². The Morgan fingerprint density at radius 2 is 1.91 bits per heavy atom. The van der Waals surface area contributed by atoms with Gasteiger partial charge in [-0.05, 0) is 63.1 Å². The second kappa shape index (κ2) is 12.2. The van der Waals surface area contributed by atoms with E-state index in [2.05, 4.69) is 5.92 Å². The lowest BCUT2D eigenvalue weighted by molar-refractivity contribution is 0.104. The van der Waals surface area contributed by atoms with Crippen LogP contribution in [-0.2, 0) is 6.42 Å². The predicted molar refractivity (Wildman–Crippen MR) is 130 cm³/mol. The first kappa shape index (κ1) is 25.3. The third-order valence-corrected chi connectivity index (χ3v) is 4.88. The Morgan fingerprint density at radius 3 is 2.58 bits per heavy atom. The first-order valence-electron chi connectivity index (χ1n) is 10.6. The van der Waals surface area contributed by atoms with Gasteiger partial charge in [-0.3, -0.25) is 4.79 Å². The lowest BCUT2D eigenvalue weighted by Crippen LogP contribution is -2.07. The summed E-state index contributed by atoms with van der Waals surface area (Å²) in [5.74, 6) is 2.10. The number of hydrogen-bond acceptors (Lipinski definition) is 6. The molecule has 0 heterocycles. The zero-order chi connectivity index (χ0) is 24.4. The molecule has 6 nitrogen and oxygen atoms in total. The molecule has 0 unspecified atom stereocenters. The normalized spacial score (nSPS) is 10.6. The van der Waals surface area contributed by atoms with Crippen LogP contribution < -0.4 is 4.74 Å². The second-order valence-electron chi connectivity index (χ2n) is 7.77. The van der Waals surface area contributed by atoms with Gasteiger partial charge in [-0.1, -0.05) is 11.6 Å². The number of nitrogens with one attached hydrogen (secondary N) is 1. The van der Waals surface area contributed by atoms with Crippen molar-refractivity contribution >= 4 is 17.6 Å². The average Bonchev–Trinajstić information content (AvgIpc) is 2.76. The number of allylic oxidation sites excluding steroid dienone is 3. The monoisotopic (exact) mass is 447 g/mol. The van der Waals surface area contributed by atoms with Crippen molar-refractivity contribution in [2.75, 3.05) is 6.61 Å². The van der Waals surface area contributed by atoms with E-state index in [1.807, 2.05) is 19.9 Å². The molecule has 2 rings (SSSR count). The van der Waals surface area contributed by atoms with E-state index in [0.29, 0.717) is 48.3 Å². The van der Waals surface area contributed by atoms with Gasteiger partial charge in [0.2, 0.25) is 0 Å². The van der Waals surface area contributed by atoms with Crippen molar-refractivity contribution in [3.8, 4) is 35.3 Å². The highest BCUT2D eigenvalue weighted by Gasteiger charge is 2.17. The van der Waals surface area contributed by atoms with E-state index < -0.39 is 5.78 Å². The number of terminal acetylenes is 1. The summed E-state index contributed by atoms with van der Waals surface area (Å²) >= 11 is 0. The van der Waals surface area contributed by atoms with E-state index in [1.165, 1.54) is 36.4 Å². The molecule has 0 atom stereocenters. The van der Waals surface area contributed by atoms with Gasteiger partial charge in [0, 0.05) is 35.7 Å². The van der Waals surface area contributed by atoms with Crippen LogP contribution in [0.3, 0.4) is 0 Å². The van der Waals surface area contributed by atoms with Crippen molar-refractivity contribution in [3.05, 3.63) is 64.7 Å². The van der Waals surface area contributed by atoms with Crippen molar-refractivity contribution < 1.29 is 24.9 Å². The Hall–Kier alpha value is -3.98. The fraction of sp³-hybridized carbons (Fsp3) is 0.259. The van der Waals surface area contributed by atoms with Gasteiger partial charge in [-0.15, -0.1) is 12.3 Å². The van der Waals surface area contributed by atoms with E-state index in [4.69, 9.17) is 16.6 Å². The SMILES string of the molecule is C#CCCC(=N)CCOc1ccc(C(=O)/C=C/c2ccc(O)cc2O)c(O)c1CC=C(C)C. The minimum Gasteiger partial charge on any atom is -0.508 e. The number of hydrogen-bond donors (Lipinski definition) is 4. The van der Waals surface area contributed by atoms with Gasteiger partial charge >= 0.3 is 0 Å². The third-order valence-electron chi connectivity index (χ3n) is 4.88. The number of aromatic hydroxyl groups is 3. The summed E-state index contributed by atoms with van der Waals surface area (Å²) in [4.78, 5) is 12.7. The van der Waals surface area contributed by atoms with Gasteiger partial charge in [0.1, 0.15) is 23.0 Å². The molecule has 4 N–H and O–H groups in total. The van der Waals surface area contributed by atoms with Gasteiger partial charge in [0.15, 0.2) is 5.78 Å². The highest BCUT2D eigenvalue weighted by Crippen LogP contribution is 2.33. The van der Waals surface area contributed by atoms with Crippen LogP contribution in [0.25, 0.3) is 6.08 Å². The van der Waals surface area contributed by atoms with Crippen molar-refractivity contribution in [1.29, 1.82) is 5.41 Å². The fourth-order valence-corrected chi connectivity index (χ4v) is 3.02. The maximum absolute atomic E-state index is 12.7. The number of ether oxygens (including phenoxy) is 1. The molecule has 172 valence electrons. The number of phenols is 3. The van der Waals surface area contributed by atoms with Crippen LogP contribution in [0.1, 0.15) is 54.6 Å². The van der Waals surface area contributed by atoms with E-state index in [1.54, 1.807) is 6.07 Å². The molecule has 0 amide bonds. The zero-order valence-corrected chi connectivity index (χ0v) is 18.9. The maximum atomic E-state index is 12.7. The molecule has 0 bridgehead atoms. The first-order valence-corrected chi connectivity index (χ1v) is 10.6. The zero-order valence-electron chi connectivity index (χ0n) is 18.9. The van der Waals surface area contributed by atoms with Crippen molar-refractivity contribution in [1.82, 2.24) is 0 Å². The summed E-state index contributed by atoms with van der Waals surface area (Å²) in [6.45, 7) is 4.14. The standard InChI is InChI=1S/C27H29NO5/c1-4-5-6-20(28)15-16-33-26-14-12-22(27(32)23(26)11-7-18(2)3)24(30)13-9-19-8-10-21(29)17-25(19)31/h1,7-10,12-14,17,28-29,31-32H,5-6,11,15-16H2,2-3H3/b13-9+,28-20?. The molecule has 33 heavy (non-hydrogen) atoms. The summed E-state index contributed by atoms with van der Waals surface area (Å²) in [5.41, 5.74) is 2.50. The molecule has 0 radical (unpaired) electrons. The molecule has 0 spiro atoms. The van der Waals surface area contributed by atoms with E-state index >= 15 is 0 Å². The maximum Gasteiger partial charge on any atom is 0.189 e. The Bertz CT molecular complexity index is 1120. The quantitative estimate of drug-likeness (QED) is 0.121. The summed E-state index contributed by atoms with van der Waals surface area (Å²) in [6, 6.07) is 7.18. The smallest absolute Gasteiger partial charge is 0.189 e. The Balaban J connectivity index is 2.25. The van der Waals surface area contributed by atoms with Crippen molar-refractivity contribution in [2.45, 2.75) is 39.5 Å². The van der Waals surface area contributed by atoms with Crippen LogP contribution in [-0.4, -0.2) is 33.4 Å². The molecule has 0 aliphatic rings. The highest BCUT2D eigenvalue weighted by atomic mass is 16.5. The summed E-state index contributed by atoms with van der Waals surface area (Å²) in [6.07, 6.45) is 11.7. The van der Waals surface area contributed by atoms with E-state index in [-0.39, 0.29) is 29.4 Å². The predicted octanol–water partition coefficient (Wildman–Crippen LogP) is 5.41. The van der Waals surface area contributed by atoms with Gasteiger partial charge in [-0.2, -0.15) is 0 Å². The molecule has 0 aromatic heterocycles. The summed E-state index contributed by atoms with van der Waals surface area (Å²) < 4.78 is 5.82. The third kappa shape index (κ3) is 7.58. The molecule has 0 saturated carbocycles. The fourth-order valence-electron chi connectivity index (χ4n) is 3.02. The van der Waals surface area contributed by atoms with Crippen LogP contribution >= 0.6 is 0 Å². The van der Waals surface area contributed by atoms with Crippen LogP contribution in [0.2, 0.25) is 0 Å². The van der Waals surface area contributed by atoms with Gasteiger partial charge < -0.3 is 25.5 Å². The number of carbonyl (C=O) groups is 1. The molecule has 0 aliphatic heterocycles. The lowest BCUT2D eigenvalue weighted by atomic mass is 10.00. The number of phenolic OH excluding ortho intramolecular Hbond substituents is 3. The Labute approximate surface area is 194 Å². The molecule has 2 aromatic rings. The number of rotatable bonds is 11. The molecule has 0 saturated heterocycles. The summed E-state index contributed by atoms with van der Waals surface area (Å²) in [7, 11) is 0. The van der Waals surface area contributed by atoms with Crippen LogP contribution in [0, 0.1) is 17.8 Å². The Morgan fingerprint density at radius 1 is 1.15 bits per heavy atom. The van der Waals surface area contributed by atoms with Crippen LogP contribution in [0.4, 0.5) is 0 Å².